The number of alkyl halides is 3. The van der Waals surface area contributed by atoms with Crippen molar-refractivity contribution < 1.29 is 31.5 Å². The summed E-state index contributed by atoms with van der Waals surface area (Å²) < 4.78 is 59.9. The molecule has 0 unspecified atom stereocenters. The van der Waals surface area contributed by atoms with Crippen molar-refractivity contribution >= 4 is 15.8 Å². The van der Waals surface area contributed by atoms with E-state index in [9.17, 15) is 26.4 Å². The van der Waals surface area contributed by atoms with Crippen LogP contribution in [0.25, 0.3) is 0 Å². The molecular formula is C12H13F3O4S. The zero-order chi connectivity index (χ0) is 15.6. The Labute approximate surface area is 114 Å². The molecule has 0 aliphatic carbocycles. The quantitative estimate of drug-likeness (QED) is 0.907. The van der Waals surface area contributed by atoms with Crippen LogP contribution in [0.3, 0.4) is 0 Å². The fraction of sp³-hybridized carbons (Fsp3) is 0.417. The van der Waals surface area contributed by atoms with Crippen LogP contribution in [0.15, 0.2) is 23.1 Å². The first kappa shape index (κ1) is 16.5. The number of aromatic carboxylic acids is 1. The Kier molecular flexibility index (Phi) is 4.80. The fourth-order valence-electron chi connectivity index (χ4n) is 1.76. The van der Waals surface area contributed by atoms with Crippen molar-refractivity contribution in [3.8, 4) is 0 Å². The first-order valence-electron chi connectivity index (χ1n) is 5.67. The van der Waals surface area contributed by atoms with Gasteiger partial charge in [-0.25, -0.2) is 13.2 Å². The molecule has 1 aromatic rings. The molecule has 1 rings (SSSR count). The first-order chi connectivity index (χ1) is 9.04. The third-order valence-electron chi connectivity index (χ3n) is 2.72. The molecule has 8 heteroatoms. The zero-order valence-corrected chi connectivity index (χ0v) is 11.4. The van der Waals surface area contributed by atoms with Gasteiger partial charge in [-0.05, 0) is 31.0 Å². The average Bonchev–Trinajstić information content (AvgIpc) is 2.26. The van der Waals surface area contributed by atoms with E-state index in [0.29, 0.717) is 0 Å². The van der Waals surface area contributed by atoms with Gasteiger partial charge in [0.1, 0.15) is 0 Å². The molecular weight excluding hydrogens is 297 g/mol. The van der Waals surface area contributed by atoms with Crippen molar-refractivity contribution in [2.24, 2.45) is 0 Å². The predicted octanol–water partition coefficient (Wildman–Crippen LogP) is 2.81. The van der Waals surface area contributed by atoms with Crippen molar-refractivity contribution in [1.29, 1.82) is 0 Å². The molecule has 0 radical (unpaired) electrons. The number of hydrogen-bond acceptors (Lipinski definition) is 3. The summed E-state index contributed by atoms with van der Waals surface area (Å²) in [5.41, 5.74) is -0.145. The van der Waals surface area contributed by atoms with Crippen LogP contribution in [-0.4, -0.2) is 31.4 Å². The zero-order valence-electron chi connectivity index (χ0n) is 10.6. The van der Waals surface area contributed by atoms with Crippen LogP contribution < -0.4 is 0 Å². The molecule has 0 spiro atoms. The molecule has 0 aliphatic heterocycles. The maximum Gasteiger partial charge on any atom is 0.389 e. The minimum atomic E-state index is -4.41. The Morgan fingerprint density at radius 3 is 2.40 bits per heavy atom. The largest absolute Gasteiger partial charge is 0.478 e. The summed E-state index contributed by atoms with van der Waals surface area (Å²) >= 11 is 0. The lowest BCUT2D eigenvalue weighted by molar-refractivity contribution is -0.134. The summed E-state index contributed by atoms with van der Waals surface area (Å²) in [7, 11) is -3.93. The Morgan fingerprint density at radius 1 is 1.30 bits per heavy atom. The Bertz CT molecular complexity index is 606. The maximum atomic E-state index is 12.0. The number of hydrogen-bond donors (Lipinski definition) is 1. The van der Waals surface area contributed by atoms with E-state index in [1.165, 1.54) is 25.1 Å². The van der Waals surface area contributed by atoms with Gasteiger partial charge in [-0.2, -0.15) is 13.2 Å². The molecule has 1 aromatic carbocycles. The smallest absolute Gasteiger partial charge is 0.389 e. The predicted molar refractivity (Wildman–Crippen MR) is 65.5 cm³/mol. The Balaban J connectivity index is 2.99. The van der Waals surface area contributed by atoms with Gasteiger partial charge in [0.25, 0.3) is 0 Å². The lowest BCUT2D eigenvalue weighted by atomic mass is 10.1. The standard InChI is InChI=1S/C12H13F3O4S/c1-8-9(11(16)17)4-2-5-10(8)20(18,19)7-3-6-12(13,14)15/h2,4-5H,3,6-7H2,1H3,(H,16,17). The first-order valence-corrected chi connectivity index (χ1v) is 7.32. The van der Waals surface area contributed by atoms with E-state index in [1.807, 2.05) is 0 Å². The number of carboxylic acids is 1. The van der Waals surface area contributed by atoms with Gasteiger partial charge in [0.15, 0.2) is 9.84 Å². The van der Waals surface area contributed by atoms with Gasteiger partial charge in [0.2, 0.25) is 0 Å². The van der Waals surface area contributed by atoms with Gasteiger partial charge in [0, 0.05) is 6.42 Å². The third kappa shape index (κ3) is 4.22. The minimum Gasteiger partial charge on any atom is -0.478 e. The van der Waals surface area contributed by atoms with E-state index in [4.69, 9.17) is 5.11 Å². The van der Waals surface area contributed by atoms with E-state index in [0.717, 1.165) is 0 Å². The second-order valence-electron chi connectivity index (χ2n) is 4.27. The van der Waals surface area contributed by atoms with E-state index < -0.39 is 40.6 Å². The molecule has 0 heterocycles. The van der Waals surface area contributed by atoms with Gasteiger partial charge >= 0.3 is 12.1 Å². The highest BCUT2D eigenvalue weighted by atomic mass is 32.2. The SMILES string of the molecule is Cc1c(C(=O)O)cccc1S(=O)(=O)CCCC(F)(F)F. The minimum absolute atomic E-state index is 0.0343. The summed E-state index contributed by atoms with van der Waals surface area (Å²) in [6.07, 6.45) is -6.15. The van der Waals surface area contributed by atoms with Crippen molar-refractivity contribution in [2.45, 2.75) is 30.8 Å². The average molecular weight is 310 g/mol. The molecule has 0 bridgehead atoms. The van der Waals surface area contributed by atoms with Crippen LogP contribution >= 0.6 is 0 Å². The number of halogens is 3. The summed E-state index contributed by atoms with van der Waals surface area (Å²) in [5.74, 6) is -1.95. The van der Waals surface area contributed by atoms with Gasteiger partial charge < -0.3 is 5.11 Å². The summed E-state index contributed by atoms with van der Waals surface area (Å²) in [6.45, 7) is 1.32. The molecule has 112 valence electrons. The highest BCUT2D eigenvalue weighted by Crippen LogP contribution is 2.25. The number of benzene rings is 1. The van der Waals surface area contributed by atoms with Crippen LogP contribution in [0.2, 0.25) is 0 Å². The summed E-state index contributed by atoms with van der Waals surface area (Å²) in [4.78, 5) is 10.7. The van der Waals surface area contributed by atoms with Crippen LogP contribution in [0.4, 0.5) is 13.2 Å². The van der Waals surface area contributed by atoms with Gasteiger partial charge in [-0.1, -0.05) is 6.07 Å². The lowest BCUT2D eigenvalue weighted by Gasteiger charge is -2.10. The van der Waals surface area contributed by atoms with Crippen LogP contribution in [0.1, 0.15) is 28.8 Å². The Morgan fingerprint density at radius 2 is 1.90 bits per heavy atom. The van der Waals surface area contributed by atoms with E-state index in [-0.39, 0.29) is 16.0 Å². The monoisotopic (exact) mass is 310 g/mol. The van der Waals surface area contributed by atoms with Gasteiger partial charge in [-0.3, -0.25) is 0 Å². The molecule has 20 heavy (non-hydrogen) atoms. The number of carboxylic acid groups (broad SMARTS) is 1. The number of carbonyl (C=O) groups is 1. The second kappa shape index (κ2) is 5.82. The normalized spacial score (nSPS) is 12.4. The molecule has 0 fully saturated rings. The molecule has 4 nitrogen and oxygen atoms in total. The van der Waals surface area contributed by atoms with Crippen molar-refractivity contribution in [2.75, 3.05) is 5.75 Å². The fourth-order valence-corrected chi connectivity index (χ4v) is 3.36. The molecule has 0 aromatic heterocycles. The number of rotatable bonds is 5. The van der Waals surface area contributed by atoms with Crippen LogP contribution in [0, 0.1) is 6.92 Å². The highest BCUT2D eigenvalue weighted by Gasteiger charge is 2.28. The van der Waals surface area contributed by atoms with Gasteiger partial charge in [-0.15, -0.1) is 0 Å². The highest BCUT2D eigenvalue weighted by molar-refractivity contribution is 7.91. The maximum absolute atomic E-state index is 12.0. The molecule has 0 saturated carbocycles. The summed E-state index contributed by atoms with van der Waals surface area (Å²) in [6, 6.07) is 3.70. The van der Waals surface area contributed by atoms with Crippen molar-refractivity contribution in [3.05, 3.63) is 29.3 Å². The van der Waals surface area contributed by atoms with Crippen LogP contribution in [-0.2, 0) is 9.84 Å². The van der Waals surface area contributed by atoms with Crippen molar-refractivity contribution in [3.63, 3.8) is 0 Å². The number of sulfone groups is 1. The van der Waals surface area contributed by atoms with Gasteiger partial charge in [0.05, 0.1) is 16.2 Å². The lowest BCUT2D eigenvalue weighted by Crippen LogP contribution is -2.14. The third-order valence-corrected chi connectivity index (χ3v) is 4.66. The van der Waals surface area contributed by atoms with Crippen molar-refractivity contribution in [1.82, 2.24) is 0 Å². The molecule has 0 atom stereocenters. The second-order valence-corrected chi connectivity index (χ2v) is 6.35. The Hall–Kier alpha value is -1.57. The van der Waals surface area contributed by atoms with Crippen LogP contribution in [0.5, 0.6) is 0 Å². The van der Waals surface area contributed by atoms with E-state index in [1.54, 1.807) is 0 Å². The molecule has 0 saturated heterocycles. The topological polar surface area (TPSA) is 71.4 Å². The molecule has 0 aliphatic rings. The summed E-state index contributed by atoms with van der Waals surface area (Å²) in [5, 5.41) is 8.89. The van der Waals surface area contributed by atoms with E-state index in [2.05, 4.69) is 0 Å². The van der Waals surface area contributed by atoms with E-state index >= 15 is 0 Å². The molecule has 0 amide bonds. The molecule has 1 N–H and O–H groups in total.